The van der Waals surface area contributed by atoms with Gasteiger partial charge in [-0.05, 0) is 37.6 Å². The quantitative estimate of drug-likeness (QED) is 0.378. The summed E-state index contributed by atoms with van der Waals surface area (Å²) in [6, 6.07) is 8.83. The van der Waals surface area contributed by atoms with Crippen LogP contribution in [0.2, 0.25) is 0 Å². The maximum absolute atomic E-state index is 11.8. The number of nitrogens with zero attached hydrogens (tertiary/aromatic N) is 3. The van der Waals surface area contributed by atoms with Crippen molar-refractivity contribution in [2.75, 3.05) is 39.0 Å². The number of benzene rings is 2. The molecule has 168 valence electrons. The van der Waals surface area contributed by atoms with Crippen molar-refractivity contribution in [2.24, 2.45) is 0 Å². The lowest BCUT2D eigenvalue weighted by atomic mass is 10.0. The van der Waals surface area contributed by atoms with Crippen molar-refractivity contribution in [2.45, 2.75) is 20.3 Å². The van der Waals surface area contributed by atoms with Gasteiger partial charge in [0, 0.05) is 36.5 Å². The monoisotopic (exact) mass is 439 g/mol. The first-order valence-electron chi connectivity index (χ1n) is 10.4. The molecule has 1 aromatic heterocycles. The number of ether oxygens (including phenoxy) is 4. The van der Waals surface area contributed by atoms with Crippen molar-refractivity contribution in [3.63, 3.8) is 0 Å². The molecule has 1 aliphatic heterocycles. The Morgan fingerprint density at radius 3 is 2.28 bits per heavy atom. The summed E-state index contributed by atoms with van der Waals surface area (Å²) in [4.78, 5) is 18.4. The molecule has 0 saturated carbocycles. The van der Waals surface area contributed by atoms with Crippen LogP contribution in [0.5, 0.6) is 23.0 Å². The first-order valence-corrected chi connectivity index (χ1v) is 10.4. The lowest BCUT2D eigenvalue weighted by Crippen LogP contribution is -2.24. The SMILES string of the molecule is CCN(CC)c1nc2cc(OC)c(OC)cc2cc1Cc1cc2c(cc1[N+](=O)[O-])OCO2. The molecule has 0 amide bonds. The molecule has 0 aliphatic carbocycles. The van der Waals surface area contributed by atoms with Crippen LogP contribution in [0.15, 0.2) is 30.3 Å². The zero-order valence-corrected chi connectivity index (χ0v) is 18.5. The molecule has 3 aromatic rings. The van der Waals surface area contributed by atoms with Gasteiger partial charge in [0.05, 0.1) is 30.7 Å². The fourth-order valence-corrected chi connectivity index (χ4v) is 3.95. The molecule has 32 heavy (non-hydrogen) atoms. The Morgan fingerprint density at radius 2 is 1.66 bits per heavy atom. The number of pyridine rings is 1. The Kier molecular flexibility index (Phi) is 5.89. The minimum atomic E-state index is -0.392. The molecule has 0 spiro atoms. The van der Waals surface area contributed by atoms with Crippen LogP contribution < -0.4 is 23.8 Å². The largest absolute Gasteiger partial charge is 0.493 e. The van der Waals surface area contributed by atoms with E-state index in [4.69, 9.17) is 23.9 Å². The fraction of sp³-hybridized carbons (Fsp3) is 0.348. The molecular formula is C23H25N3O6. The maximum Gasteiger partial charge on any atom is 0.276 e. The number of rotatable bonds is 8. The van der Waals surface area contributed by atoms with Crippen LogP contribution in [0.4, 0.5) is 11.5 Å². The lowest BCUT2D eigenvalue weighted by molar-refractivity contribution is -0.385. The van der Waals surface area contributed by atoms with Gasteiger partial charge in [0.2, 0.25) is 6.79 Å². The normalized spacial score (nSPS) is 12.1. The molecule has 0 N–H and O–H groups in total. The Bertz CT molecular complexity index is 1180. The number of hydrogen-bond acceptors (Lipinski definition) is 8. The second-order valence-electron chi connectivity index (χ2n) is 7.31. The second-order valence-corrected chi connectivity index (χ2v) is 7.31. The van der Waals surface area contributed by atoms with E-state index in [2.05, 4.69) is 18.7 Å². The van der Waals surface area contributed by atoms with Crippen molar-refractivity contribution in [1.82, 2.24) is 4.98 Å². The highest BCUT2D eigenvalue weighted by Gasteiger charge is 2.25. The number of nitro benzene ring substituents is 1. The molecule has 2 heterocycles. The first kappa shape index (κ1) is 21.5. The Hall–Kier alpha value is -3.75. The van der Waals surface area contributed by atoms with Gasteiger partial charge in [-0.2, -0.15) is 0 Å². The van der Waals surface area contributed by atoms with Gasteiger partial charge in [0.25, 0.3) is 5.69 Å². The predicted octanol–water partition coefficient (Wildman–Crippen LogP) is 4.33. The van der Waals surface area contributed by atoms with Crippen LogP contribution in [0.1, 0.15) is 25.0 Å². The van der Waals surface area contributed by atoms with Crippen LogP contribution in [0, 0.1) is 10.1 Å². The van der Waals surface area contributed by atoms with Gasteiger partial charge in [0.1, 0.15) is 5.82 Å². The van der Waals surface area contributed by atoms with E-state index in [1.165, 1.54) is 6.07 Å². The highest BCUT2D eigenvalue weighted by molar-refractivity contribution is 5.85. The fourth-order valence-electron chi connectivity index (χ4n) is 3.95. The van der Waals surface area contributed by atoms with Crippen molar-refractivity contribution < 1.29 is 23.9 Å². The molecule has 0 fully saturated rings. The third kappa shape index (κ3) is 3.81. The molecule has 0 saturated heterocycles. The molecule has 0 radical (unpaired) electrons. The minimum absolute atomic E-state index is 0.00726. The molecule has 2 aromatic carbocycles. The lowest BCUT2D eigenvalue weighted by Gasteiger charge is -2.24. The van der Waals surface area contributed by atoms with Gasteiger partial charge < -0.3 is 23.8 Å². The third-order valence-corrected chi connectivity index (χ3v) is 5.59. The zero-order chi connectivity index (χ0) is 22.8. The van der Waals surface area contributed by atoms with Crippen molar-refractivity contribution in [3.05, 3.63) is 51.6 Å². The van der Waals surface area contributed by atoms with E-state index in [0.29, 0.717) is 35.0 Å². The number of hydrogen-bond donors (Lipinski definition) is 0. The minimum Gasteiger partial charge on any atom is -0.493 e. The van der Waals surface area contributed by atoms with E-state index in [0.717, 1.165) is 35.4 Å². The van der Waals surface area contributed by atoms with Crippen LogP contribution >= 0.6 is 0 Å². The third-order valence-electron chi connectivity index (χ3n) is 5.59. The van der Waals surface area contributed by atoms with Crippen molar-refractivity contribution in [3.8, 4) is 23.0 Å². The summed E-state index contributed by atoms with van der Waals surface area (Å²) in [7, 11) is 3.17. The standard InChI is InChI=1S/C23H25N3O6/c1-5-25(6-2)23-16(7-14-9-19(29-3)20(30-4)11-17(14)24-23)8-15-10-21-22(32-13-31-21)12-18(15)26(27)28/h7,9-12H,5-6,8,13H2,1-4H3. The summed E-state index contributed by atoms with van der Waals surface area (Å²) < 4.78 is 21.6. The number of aromatic nitrogens is 1. The average molecular weight is 439 g/mol. The van der Waals surface area contributed by atoms with E-state index in [-0.39, 0.29) is 12.5 Å². The van der Waals surface area contributed by atoms with E-state index >= 15 is 0 Å². The number of nitro groups is 1. The summed E-state index contributed by atoms with van der Waals surface area (Å²) in [6.07, 6.45) is 0.316. The smallest absolute Gasteiger partial charge is 0.276 e. The second kappa shape index (κ2) is 8.78. The Balaban J connectivity index is 1.89. The van der Waals surface area contributed by atoms with Crippen LogP contribution in [0.25, 0.3) is 10.9 Å². The topological polar surface area (TPSA) is 96.2 Å². The van der Waals surface area contributed by atoms with Gasteiger partial charge in [-0.25, -0.2) is 4.98 Å². The van der Waals surface area contributed by atoms with E-state index < -0.39 is 4.92 Å². The van der Waals surface area contributed by atoms with E-state index in [1.807, 2.05) is 18.2 Å². The summed E-state index contributed by atoms with van der Waals surface area (Å²) in [6.45, 7) is 5.66. The Morgan fingerprint density at radius 1 is 1.00 bits per heavy atom. The van der Waals surface area contributed by atoms with Crippen LogP contribution in [0.3, 0.4) is 0 Å². The number of anilines is 1. The van der Waals surface area contributed by atoms with Gasteiger partial charge >= 0.3 is 0 Å². The highest BCUT2D eigenvalue weighted by atomic mass is 16.7. The molecule has 9 heteroatoms. The van der Waals surface area contributed by atoms with E-state index in [1.54, 1.807) is 20.3 Å². The molecular weight excluding hydrogens is 414 g/mol. The highest BCUT2D eigenvalue weighted by Crippen LogP contribution is 2.40. The van der Waals surface area contributed by atoms with Crippen molar-refractivity contribution >= 4 is 22.4 Å². The average Bonchev–Trinajstić information content (AvgIpc) is 3.26. The molecule has 0 bridgehead atoms. The van der Waals surface area contributed by atoms with Crippen LogP contribution in [-0.2, 0) is 6.42 Å². The summed E-state index contributed by atoms with van der Waals surface area (Å²) in [5.41, 5.74) is 2.16. The number of fused-ring (bicyclic) bond motifs is 2. The zero-order valence-electron chi connectivity index (χ0n) is 18.5. The summed E-state index contributed by atoms with van der Waals surface area (Å²) in [5, 5.41) is 12.6. The van der Waals surface area contributed by atoms with Gasteiger partial charge in [-0.15, -0.1) is 0 Å². The summed E-state index contributed by atoms with van der Waals surface area (Å²) >= 11 is 0. The number of methoxy groups -OCH3 is 2. The summed E-state index contributed by atoms with van der Waals surface area (Å²) in [5.74, 6) is 2.87. The van der Waals surface area contributed by atoms with Crippen LogP contribution in [-0.4, -0.2) is 44.0 Å². The maximum atomic E-state index is 11.8. The molecule has 0 atom stereocenters. The van der Waals surface area contributed by atoms with Gasteiger partial charge in [-0.1, -0.05) is 0 Å². The molecule has 1 aliphatic rings. The van der Waals surface area contributed by atoms with E-state index in [9.17, 15) is 10.1 Å². The first-order chi connectivity index (χ1) is 15.5. The Labute approximate surface area is 185 Å². The van der Waals surface area contributed by atoms with Gasteiger partial charge in [-0.3, -0.25) is 10.1 Å². The molecule has 4 rings (SSSR count). The van der Waals surface area contributed by atoms with Crippen molar-refractivity contribution in [1.29, 1.82) is 0 Å². The van der Waals surface area contributed by atoms with Gasteiger partial charge in [0.15, 0.2) is 23.0 Å². The predicted molar refractivity (Wildman–Crippen MR) is 120 cm³/mol. The molecule has 9 nitrogen and oxygen atoms in total. The molecule has 0 unspecified atom stereocenters.